The molecule has 28 heavy (non-hydrogen) atoms. The van der Waals surface area contributed by atoms with Gasteiger partial charge in [0.05, 0.1) is 5.69 Å². The Morgan fingerprint density at radius 2 is 1.86 bits per heavy atom. The van der Waals surface area contributed by atoms with E-state index in [4.69, 9.17) is 5.10 Å². The van der Waals surface area contributed by atoms with Crippen LogP contribution in [0.1, 0.15) is 32.3 Å². The van der Waals surface area contributed by atoms with Gasteiger partial charge in [-0.3, -0.25) is 9.69 Å². The molecule has 0 N–H and O–H groups in total. The first-order valence-electron chi connectivity index (χ1n) is 9.44. The summed E-state index contributed by atoms with van der Waals surface area (Å²) in [6.45, 7) is 8.83. The average Bonchev–Trinajstić information content (AvgIpc) is 3.00. The Hall–Kier alpha value is -2.81. The SMILES string of the molecule is CN(Cc1ccc(=O)n(C)n1)C1CN(c2ccc3nnc(C(C)(C)C)n3n2)C1. The molecule has 0 spiro atoms. The van der Waals surface area contributed by atoms with Crippen LogP contribution in [0.5, 0.6) is 0 Å². The van der Waals surface area contributed by atoms with Crippen molar-refractivity contribution in [3.63, 3.8) is 0 Å². The van der Waals surface area contributed by atoms with Gasteiger partial charge in [-0.1, -0.05) is 20.8 Å². The van der Waals surface area contributed by atoms with Crippen molar-refractivity contribution in [3.8, 4) is 0 Å². The summed E-state index contributed by atoms with van der Waals surface area (Å²) in [5.74, 6) is 1.79. The second-order valence-electron chi connectivity index (χ2n) is 8.50. The van der Waals surface area contributed by atoms with Gasteiger partial charge < -0.3 is 4.90 Å². The molecule has 0 atom stereocenters. The van der Waals surface area contributed by atoms with Crippen LogP contribution >= 0.6 is 0 Å². The van der Waals surface area contributed by atoms with Crippen molar-refractivity contribution in [1.82, 2.24) is 34.5 Å². The first kappa shape index (κ1) is 18.5. The lowest BCUT2D eigenvalue weighted by atomic mass is 9.96. The Labute approximate surface area is 163 Å². The Morgan fingerprint density at radius 3 is 2.54 bits per heavy atom. The van der Waals surface area contributed by atoms with E-state index in [-0.39, 0.29) is 11.0 Å². The van der Waals surface area contributed by atoms with E-state index in [1.54, 1.807) is 19.2 Å². The van der Waals surface area contributed by atoms with Gasteiger partial charge in [-0.2, -0.15) is 9.61 Å². The number of nitrogens with zero attached hydrogens (tertiary/aromatic N) is 8. The topological polar surface area (TPSA) is 84.5 Å². The summed E-state index contributed by atoms with van der Waals surface area (Å²) in [6.07, 6.45) is 0. The van der Waals surface area contributed by atoms with E-state index in [0.29, 0.717) is 12.6 Å². The smallest absolute Gasteiger partial charge is 0.266 e. The van der Waals surface area contributed by atoms with Gasteiger partial charge in [-0.25, -0.2) is 4.68 Å². The van der Waals surface area contributed by atoms with Gasteiger partial charge in [0, 0.05) is 44.2 Å². The van der Waals surface area contributed by atoms with E-state index in [1.807, 2.05) is 16.6 Å². The molecule has 0 aromatic carbocycles. The Kier molecular flexibility index (Phi) is 4.41. The standard InChI is InChI=1S/C19H26N8O/c1-19(2,3)18-21-20-15-7-8-16(23-27(15)18)26-11-14(12-26)24(4)10-13-6-9-17(28)25(5)22-13/h6-9,14H,10-12H2,1-5H3. The van der Waals surface area contributed by atoms with Gasteiger partial charge in [-0.15, -0.1) is 15.3 Å². The number of aromatic nitrogens is 6. The fourth-order valence-corrected chi connectivity index (χ4v) is 3.36. The van der Waals surface area contributed by atoms with Gasteiger partial charge in [0.15, 0.2) is 11.5 Å². The maximum Gasteiger partial charge on any atom is 0.266 e. The molecular weight excluding hydrogens is 356 g/mol. The summed E-state index contributed by atoms with van der Waals surface area (Å²) in [7, 11) is 3.76. The highest BCUT2D eigenvalue weighted by Crippen LogP contribution is 2.25. The molecular formula is C19H26N8O. The number of hydrogen-bond donors (Lipinski definition) is 0. The van der Waals surface area contributed by atoms with Crippen LogP contribution in [0.3, 0.4) is 0 Å². The molecule has 9 nitrogen and oxygen atoms in total. The number of fused-ring (bicyclic) bond motifs is 1. The molecule has 4 rings (SSSR count). The van der Waals surface area contributed by atoms with Crippen LogP contribution in [0.25, 0.3) is 5.65 Å². The van der Waals surface area contributed by atoms with Crippen molar-refractivity contribution in [2.45, 2.75) is 38.8 Å². The highest BCUT2D eigenvalue weighted by molar-refractivity contribution is 5.48. The van der Waals surface area contributed by atoms with Crippen molar-refractivity contribution in [1.29, 1.82) is 0 Å². The Morgan fingerprint density at radius 1 is 1.11 bits per heavy atom. The highest BCUT2D eigenvalue weighted by atomic mass is 16.1. The number of rotatable bonds is 4. The quantitative estimate of drug-likeness (QED) is 0.661. The second-order valence-corrected chi connectivity index (χ2v) is 8.50. The van der Waals surface area contributed by atoms with Crippen molar-refractivity contribution in [3.05, 3.63) is 46.1 Å². The third-order valence-corrected chi connectivity index (χ3v) is 5.16. The summed E-state index contributed by atoms with van der Waals surface area (Å²) in [6, 6.07) is 7.75. The van der Waals surface area contributed by atoms with Gasteiger partial charge >= 0.3 is 0 Å². The predicted octanol–water partition coefficient (Wildman–Crippen LogP) is 0.836. The monoisotopic (exact) mass is 382 g/mol. The van der Waals surface area contributed by atoms with Crippen molar-refractivity contribution in [2.24, 2.45) is 7.05 Å². The van der Waals surface area contributed by atoms with Crippen molar-refractivity contribution < 1.29 is 0 Å². The Bertz CT molecular complexity index is 1060. The first-order chi connectivity index (χ1) is 13.2. The summed E-state index contributed by atoms with van der Waals surface area (Å²) in [5.41, 5.74) is 1.45. The molecule has 1 fully saturated rings. The van der Waals surface area contributed by atoms with Crippen LogP contribution in [0.15, 0.2) is 29.1 Å². The van der Waals surface area contributed by atoms with Crippen LogP contribution in [-0.4, -0.2) is 60.7 Å². The van der Waals surface area contributed by atoms with Gasteiger partial charge in [0.2, 0.25) is 0 Å². The normalized spacial score (nSPS) is 15.4. The molecule has 0 unspecified atom stereocenters. The molecule has 1 aliphatic rings. The molecule has 1 saturated heterocycles. The molecule has 3 aromatic rings. The van der Waals surface area contributed by atoms with E-state index in [1.165, 1.54) is 4.68 Å². The number of hydrogen-bond acceptors (Lipinski definition) is 7. The molecule has 1 aliphatic heterocycles. The van der Waals surface area contributed by atoms with Crippen LogP contribution in [0.2, 0.25) is 0 Å². The van der Waals surface area contributed by atoms with Gasteiger partial charge in [-0.05, 0) is 25.2 Å². The highest BCUT2D eigenvalue weighted by Gasteiger charge is 2.32. The Balaban J connectivity index is 1.44. The summed E-state index contributed by atoms with van der Waals surface area (Å²) < 4.78 is 3.22. The summed E-state index contributed by atoms with van der Waals surface area (Å²) >= 11 is 0. The van der Waals surface area contributed by atoms with Crippen LogP contribution in [0.4, 0.5) is 5.82 Å². The van der Waals surface area contributed by atoms with E-state index in [0.717, 1.165) is 36.1 Å². The largest absolute Gasteiger partial charge is 0.352 e. The number of aryl methyl sites for hydroxylation is 1. The van der Waals surface area contributed by atoms with E-state index in [9.17, 15) is 4.79 Å². The molecule has 9 heteroatoms. The van der Waals surface area contributed by atoms with E-state index in [2.05, 4.69) is 52.9 Å². The predicted molar refractivity (Wildman–Crippen MR) is 106 cm³/mol. The molecule has 0 saturated carbocycles. The lowest BCUT2D eigenvalue weighted by Crippen LogP contribution is -2.58. The molecule has 0 bridgehead atoms. The third-order valence-electron chi connectivity index (χ3n) is 5.16. The molecule has 148 valence electrons. The second kappa shape index (κ2) is 6.66. The maximum absolute atomic E-state index is 11.5. The lowest BCUT2D eigenvalue weighted by molar-refractivity contribution is 0.193. The van der Waals surface area contributed by atoms with Crippen molar-refractivity contribution >= 4 is 11.5 Å². The lowest BCUT2D eigenvalue weighted by Gasteiger charge is -2.44. The first-order valence-corrected chi connectivity index (χ1v) is 9.44. The van der Waals surface area contributed by atoms with Crippen molar-refractivity contribution in [2.75, 3.05) is 25.0 Å². The zero-order chi connectivity index (χ0) is 20.1. The van der Waals surface area contributed by atoms with Crippen LogP contribution in [0, 0.1) is 0 Å². The minimum absolute atomic E-state index is 0.0914. The number of likely N-dealkylation sites (N-methyl/N-ethyl adjacent to an activating group) is 1. The van der Waals surface area contributed by atoms with Gasteiger partial charge in [0.25, 0.3) is 5.56 Å². The zero-order valence-electron chi connectivity index (χ0n) is 17.0. The fraction of sp³-hybridized carbons (Fsp3) is 0.526. The minimum atomic E-state index is -0.120. The summed E-state index contributed by atoms with van der Waals surface area (Å²) in [5, 5.41) is 17.6. The van der Waals surface area contributed by atoms with E-state index >= 15 is 0 Å². The van der Waals surface area contributed by atoms with Gasteiger partial charge in [0.1, 0.15) is 5.82 Å². The molecule has 0 aliphatic carbocycles. The molecule has 4 heterocycles. The third kappa shape index (κ3) is 3.37. The van der Waals surface area contributed by atoms with Crippen LogP contribution < -0.4 is 10.5 Å². The average molecular weight is 382 g/mol. The molecule has 0 radical (unpaired) electrons. The zero-order valence-corrected chi connectivity index (χ0v) is 17.0. The summed E-state index contributed by atoms with van der Waals surface area (Å²) in [4.78, 5) is 16.0. The van der Waals surface area contributed by atoms with E-state index < -0.39 is 0 Å². The maximum atomic E-state index is 11.5. The minimum Gasteiger partial charge on any atom is -0.352 e. The van der Waals surface area contributed by atoms with Crippen LogP contribution in [-0.2, 0) is 19.0 Å². The molecule has 0 amide bonds. The molecule has 3 aromatic heterocycles. The fourth-order valence-electron chi connectivity index (χ4n) is 3.36. The number of anilines is 1.